The summed E-state index contributed by atoms with van der Waals surface area (Å²) < 4.78 is 0. The van der Waals surface area contributed by atoms with Gasteiger partial charge in [0.25, 0.3) is 0 Å². The smallest absolute Gasteiger partial charge is 0.234 e. The number of rotatable bonds is 6. The fourth-order valence-corrected chi connectivity index (χ4v) is 4.40. The maximum atomic E-state index is 12.8. The van der Waals surface area contributed by atoms with Crippen LogP contribution in [0.1, 0.15) is 36.5 Å². The van der Waals surface area contributed by atoms with Crippen LogP contribution in [-0.4, -0.2) is 41.2 Å². The molecule has 4 heteroatoms. The van der Waals surface area contributed by atoms with Gasteiger partial charge in [0.15, 0.2) is 0 Å². The Hall–Kier alpha value is -2.46. The zero-order valence-electron chi connectivity index (χ0n) is 16.7. The fraction of sp³-hybridized carbons (Fsp3) is 0.417. The molecule has 2 aromatic rings. The van der Waals surface area contributed by atoms with E-state index in [1.165, 1.54) is 16.0 Å². The number of amides is 2. The van der Waals surface area contributed by atoms with Gasteiger partial charge in [0.2, 0.25) is 11.8 Å². The monoisotopic (exact) mass is 376 g/mol. The Morgan fingerprint density at radius 1 is 0.857 bits per heavy atom. The summed E-state index contributed by atoms with van der Waals surface area (Å²) in [6, 6.07) is 18.7. The molecule has 0 spiro atoms. The van der Waals surface area contributed by atoms with Crippen molar-refractivity contribution in [3.8, 4) is 0 Å². The van der Waals surface area contributed by atoms with E-state index in [0.717, 1.165) is 18.5 Å². The van der Waals surface area contributed by atoms with Gasteiger partial charge in [0.05, 0.1) is 11.8 Å². The van der Waals surface area contributed by atoms with E-state index in [-0.39, 0.29) is 23.7 Å². The molecule has 2 heterocycles. The minimum absolute atomic E-state index is 0.0172. The third-order valence-corrected chi connectivity index (χ3v) is 6.08. The molecule has 2 atom stereocenters. The van der Waals surface area contributed by atoms with E-state index in [0.29, 0.717) is 25.6 Å². The van der Waals surface area contributed by atoms with E-state index in [1.54, 1.807) is 0 Å². The van der Waals surface area contributed by atoms with Crippen molar-refractivity contribution < 1.29 is 9.59 Å². The van der Waals surface area contributed by atoms with Crippen LogP contribution in [0.2, 0.25) is 0 Å². The first-order valence-electron chi connectivity index (χ1n) is 10.2. The Bertz CT molecular complexity index is 821. The molecule has 0 aliphatic carbocycles. The first-order chi connectivity index (χ1) is 13.5. The quantitative estimate of drug-likeness (QED) is 0.725. The molecule has 0 unspecified atom stereocenters. The normalized spacial score (nSPS) is 22.3. The number of nitrogens with zero attached hydrogens (tertiary/aromatic N) is 2. The number of benzene rings is 2. The Kier molecular flexibility index (Phi) is 5.31. The molecule has 0 bridgehead atoms. The molecule has 2 aliphatic heterocycles. The highest BCUT2D eigenvalue weighted by atomic mass is 16.2. The predicted octanol–water partition coefficient (Wildman–Crippen LogP) is 3.47. The first-order valence-corrected chi connectivity index (χ1v) is 10.2. The summed E-state index contributed by atoms with van der Waals surface area (Å²) in [6.45, 7) is 7.04. The second-order valence-corrected chi connectivity index (χ2v) is 8.37. The molecule has 4 nitrogen and oxygen atoms in total. The van der Waals surface area contributed by atoms with Crippen LogP contribution in [0.15, 0.2) is 54.6 Å². The number of fused-ring (bicyclic) bond motifs is 1. The van der Waals surface area contributed by atoms with Gasteiger partial charge < -0.3 is 0 Å². The van der Waals surface area contributed by atoms with Gasteiger partial charge in [-0.1, -0.05) is 68.4 Å². The van der Waals surface area contributed by atoms with Crippen molar-refractivity contribution in [3.05, 3.63) is 71.3 Å². The van der Waals surface area contributed by atoms with Crippen LogP contribution in [0, 0.1) is 11.8 Å². The van der Waals surface area contributed by atoms with Gasteiger partial charge in [0.1, 0.15) is 0 Å². The Morgan fingerprint density at radius 3 is 2.04 bits per heavy atom. The van der Waals surface area contributed by atoms with Gasteiger partial charge >= 0.3 is 0 Å². The number of likely N-dealkylation sites (tertiary alicyclic amines) is 2. The van der Waals surface area contributed by atoms with Gasteiger partial charge in [-0.25, -0.2) is 0 Å². The van der Waals surface area contributed by atoms with Crippen LogP contribution in [0.5, 0.6) is 0 Å². The molecule has 0 aromatic heterocycles. The van der Waals surface area contributed by atoms with E-state index >= 15 is 0 Å². The lowest BCUT2D eigenvalue weighted by Gasteiger charge is -2.21. The molecule has 4 rings (SSSR count). The van der Waals surface area contributed by atoms with Crippen LogP contribution < -0.4 is 0 Å². The summed E-state index contributed by atoms with van der Waals surface area (Å²) in [5.41, 5.74) is 3.73. The van der Waals surface area contributed by atoms with E-state index < -0.39 is 0 Å². The van der Waals surface area contributed by atoms with Gasteiger partial charge in [0, 0.05) is 26.2 Å². The second-order valence-electron chi connectivity index (χ2n) is 8.37. The lowest BCUT2D eigenvalue weighted by molar-refractivity contribution is -0.140. The van der Waals surface area contributed by atoms with E-state index in [9.17, 15) is 9.59 Å². The number of carbonyl (C=O) groups is 2. The second kappa shape index (κ2) is 7.88. The van der Waals surface area contributed by atoms with Crippen molar-refractivity contribution in [2.45, 2.75) is 32.7 Å². The fourth-order valence-electron chi connectivity index (χ4n) is 4.40. The number of carbonyl (C=O) groups excluding carboxylic acids is 2. The first kappa shape index (κ1) is 18.9. The molecule has 2 aliphatic rings. The van der Waals surface area contributed by atoms with Gasteiger partial charge in [-0.3, -0.25) is 19.4 Å². The standard InChI is InChI=1S/C24H28N2O2/c1-17(2)20-10-8-19(9-11-20)14-25-15-21-22(16-25)24(28)26(23(21)27)13-12-18-6-4-3-5-7-18/h3-11,17,21-22H,12-16H2,1-2H3/t21-,22+. The molecule has 28 heavy (non-hydrogen) atoms. The minimum atomic E-state index is -0.168. The predicted molar refractivity (Wildman–Crippen MR) is 110 cm³/mol. The summed E-state index contributed by atoms with van der Waals surface area (Å²) in [6.07, 6.45) is 0.726. The van der Waals surface area contributed by atoms with Crippen LogP contribution in [0.4, 0.5) is 0 Å². The molecular formula is C24H28N2O2. The molecule has 2 amide bonds. The lowest BCUT2D eigenvalue weighted by atomic mass is 10.00. The molecule has 2 aromatic carbocycles. The zero-order valence-corrected chi connectivity index (χ0v) is 16.7. The van der Waals surface area contributed by atoms with Gasteiger partial charge in [-0.2, -0.15) is 0 Å². The molecule has 2 saturated heterocycles. The Balaban J connectivity index is 1.35. The van der Waals surface area contributed by atoms with E-state index in [2.05, 4.69) is 43.0 Å². The number of hydrogen-bond acceptors (Lipinski definition) is 3. The molecule has 2 fully saturated rings. The van der Waals surface area contributed by atoms with Crippen LogP contribution in [-0.2, 0) is 22.6 Å². The average Bonchev–Trinajstić information content (AvgIpc) is 3.21. The topological polar surface area (TPSA) is 40.6 Å². The van der Waals surface area contributed by atoms with Gasteiger partial charge in [-0.15, -0.1) is 0 Å². The van der Waals surface area contributed by atoms with Crippen molar-refractivity contribution in [1.82, 2.24) is 9.80 Å². The molecule has 0 radical (unpaired) electrons. The molecular weight excluding hydrogens is 348 g/mol. The largest absolute Gasteiger partial charge is 0.297 e. The lowest BCUT2D eigenvalue weighted by Crippen LogP contribution is -2.37. The van der Waals surface area contributed by atoms with Crippen LogP contribution in [0.3, 0.4) is 0 Å². The average molecular weight is 377 g/mol. The third kappa shape index (κ3) is 3.74. The SMILES string of the molecule is CC(C)c1ccc(CN2C[C@@H]3C(=O)N(CCc4ccccc4)C(=O)[C@@H]3C2)cc1. The highest BCUT2D eigenvalue weighted by Crippen LogP contribution is 2.34. The van der Waals surface area contributed by atoms with Crippen molar-refractivity contribution in [2.75, 3.05) is 19.6 Å². The zero-order chi connectivity index (χ0) is 19.7. The molecule has 146 valence electrons. The highest BCUT2D eigenvalue weighted by Gasteiger charge is 2.51. The third-order valence-electron chi connectivity index (χ3n) is 6.08. The summed E-state index contributed by atoms with van der Waals surface area (Å²) >= 11 is 0. The number of imide groups is 1. The van der Waals surface area contributed by atoms with Crippen molar-refractivity contribution in [2.24, 2.45) is 11.8 Å². The maximum Gasteiger partial charge on any atom is 0.234 e. The summed E-state index contributed by atoms with van der Waals surface area (Å²) in [5, 5.41) is 0. The molecule has 0 N–H and O–H groups in total. The van der Waals surface area contributed by atoms with Gasteiger partial charge in [-0.05, 0) is 29.0 Å². The maximum absolute atomic E-state index is 12.8. The minimum Gasteiger partial charge on any atom is -0.297 e. The van der Waals surface area contributed by atoms with Crippen LogP contribution in [0.25, 0.3) is 0 Å². The van der Waals surface area contributed by atoms with Crippen molar-refractivity contribution >= 4 is 11.8 Å². The summed E-state index contributed by atoms with van der Waals surface area (Å²) in [7, 11) is 0. The summed E-state index contributed by atoms with van der Waals surface area (Å²) in [4.78, 5) is 29.4. The Morgan fingerprint density at radius 2 is 1.46 bits per heavy atom. The Labute approximate surface area is 167 Å². The number of hydrogen-bond donors (Lipinski definition) is 0. The summed E-state index contributed by atoms with van der Waals surface area (Å²) in [5.74, 6) is 0.223. The highest BCUT2D eigenvalue weighted by molar-refractivity contribution is 6.05. The molecule has 0 saturated carbocycles. The van der Waals surface area contributed by atoms with Crippen molar-refractivity contribution in [1.29, 1.82) is 0 Å². The van der Waals surface area contributed by atoms with Crippen LogP contribution >= 0.6 is 0 Å². The van der Waals surface area contributed by atoms with E-state index in [4.69, 9.17) is 0 Å². The van der Waals surface area contributed by atoms with E-state index in [1.807, 2.05) is 30.3 Å². The van der Waals surface area contributed by atoms with Crippen molar-refractivity contribution in [3.63, 3.8) is 0 Å².